The summed E-state index contributed by atoms with van der Waals surface area (Å²) < 4.78 is 0. The number of thioether (sulfide) groups is 1. The molecule has 1 saturated heterocycles. The first-order chi connectivity index (χ1) is 15.7. The zero-order valence-corrected chi connectivity index (χ0v) is 18.7. The number of fused-ring (bicyclic) bond motifs is 1. The number of carbonyl (C=O) groups is 2. The van der Waals surface area contributed by atoms with Gasteiger partial charge in [-0.25, -0.2) is 0 Å². The molecule has 2 heterocycles. The number of aryl methyl sites for hydroxylation is 1. The second kappa shape index (κ2) is 9.21. The first-order valence-electron chi connectivity index (χ1n) is 11.1. The van der Waals surface area contributed by atoms with E-state index in [2.05, 4.69) is 89.1 Å². The van der Waals surface area contributed by atoms with Crippen molar-refractivity contribution >= 4 is 28.6 Å². The van der Waals surface area contributed by atoms with Crippen molar-refractivity contribution in [3.8, 4) is 0 Å². The number of benzene rings is 3. The number of amides is 2. The minimum atomic E-state index is -0.324. The van der Waals surface area contributed by atoms with Crippen molar-refractivity contribution in [1.82, 2.24) is 5.32 Å². The predicted octanol–water partition coefficient (Wildman–Crippen LogP) is 5.14. The van der Waals surface area contributed by atoms with Gasteiger partial charge in [-0.05, 0) is 54.0 Å². The summed E-state index contributed by atoms with van der Waals surface area (Å²) in [6.45, 7) is 0.875. The monoisotopic (exact) mass is 442 g/mol. The lowest BCUT2D eigenvalue weighted by Crippen LogP contribution is -2.40. The number of anilines is 1. The Kier molecular flexibility index (Phi) is 5.99. The fraction of sp³-hybridized carbons (Fsp3) is 0.259. The molecule has 0 radical (unpaired) electrons. The van der Waals surface area contributed by atoms with Gasteiger partial charge in [-0.2, -0.15) is 0 Å². The molecule has 2 atom stereocenters. The van der Waals surface area contributed by atoms with Gasteiger partial charge in [0.25, 0.3) is 5.24 Å². The van der Waals surface area contributed by atoms with Crippen LogP contribution in [0.2, 0.25) is 0 Å². The van der Waals surface area contributed by atoms with Crippen molar-refractivity contribution < 1.29 is 9.59 Å². The van der Waals surface area contributed by atoms with Crippen LogP contribution in [0.3, 0.4) is 0 Å². The molecule has 5 rings (SSSR count). The van der Waals surface area contributed by atoms with E-state index >= 15 is 0 Å². The number of rotatable bonds is 6. The van der Waals surface area contributed by atoms with E-state index in [4.69, 9.17) is 0 Å². The molecule has 0 spiro atoms. The topological polar surface area (TPSA) is 49.4 Å². The summed E-state index contributed by atoms with van der Waals surface area (Å²) in [4.78, 5) is 26.0. The van der Waals surface area contributed by atoms with E-state index in [-0.39, 0.29) is 16.4 Å². The standard InChI is InChI=1S/C27H26N2O2S/c30-26-25(32-27(31)28-26)17-21-11-14-24-22(15-21)12-13-23(16-19-7-3-1-4-8-19)29(24)18-20-9-5-2-6-10-20/h1-11,14-15,23,25H,12-13,16-18H2,(H,28,30,31). The number of nitrogens with one attached hydrogen (secondary N) is 1. The first-order valence-corrected chi connectivity index (χ1v) is 12.0. The Morgan fingerprint density at radius 3 is 2.25 bits per heavy atom. The fourth-order valence-electron chi connectivity index (χ4n) is 4.76. The first kappa shape index (κ1) is 20.8. The molecule has 1 fully saturated rings. The summed E-state index contributed by atoms with van der Waals surface area (Å²) in [6, 6.07) is 28.4. The van der Waals surface area contributed by atoms with Gasteiger partial charge in [-0.1, -0.05) is 84.6 Å². The molecule has 1 N–H and O–H groups in total. The molecule has 0 saturated carbocycles. The van der Waals surface area contributed by atoms with Crippen molar-refractivity contribution in [3.05, 3.63) is 101 Å². The molecule has 0 aliphatic carbocycles. The third kappa shape index (κ3) is 4.58. The van der Waals surface area contributed by atoms with Crippen LogP contribution < -0.4 is 10.2 Å². The van der Waals surface area contributed by atoms with E-state index in [1.54, 1.807) is 0 Å². The van der Waals surface area contributed by atoms with Crippen LogP contribution in [0.15, 0.2) is 78.9 Å². The molecule has 4 nitrogen and oxygen atoms in total. The van der Waals surface area contributed by atoms with Crippen molar-refractivity contribution in [2.45, 2.75) is 43.5 Å². The third-order valence-electron chi connectivity index (χ3n) is 6.34. The molecule has 162 valence electrons. The van der Waals surface area contributed by atoms with E-state index < -0.39 is 0 Å². The van der Waals surface area contributed by atoms with E-state index in [1.807, 2.05) is 0 Å². The van der Waals surface area contributed by atoms with Gasteiger partial charge < -0.3 is 4.90 Å². The summed E-state index contributed by atoms with van der Waals surface area (Å²) in [5, 5.41) is 1.83. The van der Waals surface area contributed by atoms with Crippen LogP contribution >= 0.6 is 11.8 Å². The maximum Gasteiger partial charge on any atom is 0.286 e. The normalized spacial score (nSPS) is 20.2. The quantitative estimate of drug-likeness (QED) is 0.574. The van der Waals surface area contributed by atoms with Crippen LogP contribution in [-0.2, 0) is 30.6 Å². The number of hydrogen-bond acceptors (Lipinski definition) is 4. The summed E-state index contributed by atoms with van der Waals surface area (Å²) in [5.41, 5.74) is 6.40. The summed E-state index contributed by atoms with van der Waals surface area (Å²) in [5.74, 6) is -0.175. The second-order valence-electron chi connectivity index (χ2n) is 8.55. The van der Waals surface area contributed by atoms with Crippen LogP contribution in [0.4, 0.5) is 10.5 Å². The Hall–Kier alpha value is -3.05. The Bertz CT molecular complexity index is 1120. The van der Waals surface area contributed by atoms with Gasteiger partial charge >= 0.3 is 0 Å². The average Bonchev–Trinajstić information content (AvgIpc) is 3.13. The summed E-state index contributed by atoms with van der Waals surface area (Å²) in [7, 11) is 0. The minimum absolute atomic E-state index is 0.175. The number of imide groups is 1. The second-order valence-corrected chi connectivity index (χ2v) is 9.72. The minimum Gasteiger partial charge on any atom is -0.364 e. The molecule has 2 aliphatic heterocycles. The zero-order chi connectivity index (χ0) is 21.9. The molecule has 0 aromatic heterocycles. The third-order valence-corrected chi connectivity index (χ3v) is 7.32. The smallest absolute Gasteiger partial charge is 0.286 e. The molecule has 2 amide bonds. The molecule has 0 bridgehead atoms. The maximum absolute atomic E-state index is 12.0. The van der Waals surface area contributed by atoms with E-state index in [0.29, 0.717) is 12.5 Å². The van der Waals surface area contributed by atoms with Crippen LogP contribution in [0.25, 0.3) is 0 Å². The molecule has 2 unspecified atom stereocenters. The Morgan fingerprint density at radius 1 is 0.844 bits per heavy atom. The van der Waals surface area contributed by atoms with Crippen LogP contribution in [-0.4, -0.2) is 22.4 Å². The van der Waals surface area contributed by atoms with Gasteiger partial charge in [0.2, 0.25) is 5.91 Å². The molecule has 2 aliphatic rings. The molecule has 3 aromatic carbocycles. The van der Waals surface area contributed by atoms with E-state index in [0.717, 1.165) is 43.1 Å². The highest BCUT2D eigenvalue weighted by atomic mass is 32.2. The van der Waals surface area contributed by atoms with Gasteiger partial charge in [0.05, 0.1) is 5.25 Å². The van der Waals surface area contributed by atoms with E-state index in [1.165, 1.54) is 22.4 Å². The molecule has 32 heavy (non-hydrogen) atoms. The molecule has 3 aromatic rings. The summed E-state index contributed by atoms with van der Waals surface area (Å²) in [6.07, 6.45) is 3.72. The largest absolute Gasteiger partial charge is 0.364 e. The van der Waals surface area contributed by atoms with Crippen molar-refractivity contribution in [2.24, 2.45) is 0 Å². The fourth-order valence-corrected chi connectivity index (χ4v) is 5.62. The van der Waals surface area contributed by atoms with Crippen LogP contribution in [0.1, 0.15) is 28.7 Å². The highest BCUT2D eigenvalue weighted by molar-refractivity contribution is 8.15. The van der Waals surface area contributed by atoms with Crippen molar-refractivity contribution in [1.29, 1.82) is 0 Å². The molecular weight excluding hydrogens is 416 g/mol. The number of nitrogens with zero attached hydrogens (tertiary/aromatic N) is 1. The highest BCUT2D eigenvalue weighted by Gasteiger charge is 2.32. The number of carbonyl (C=O) groups excluding carboxylic acids is 2. The Labute approximate surface area is 193 Å². The van der Waals surface area contributed by atoms with Crippen molar-refractivity contribution in [2.75, 3.05) is 4.90 Å². The van der Waals surface area contributed by atoms with Gasteiger partial charge in [0.1, 0.15) is 0 Å². The van der Waals surface area contributed by atoms with Gasteiger partial charge in [0, 0.05) is 18.3 Å². The predicted molar refractivity (Wildman–Crippen MR) is 130 cm³/mol. The van der Waals surface area contributed by atoms with Crippen LogP contribution in [0, 0.1) is 0 Å². The zero-order valence-electron chi connectivity index (χ0n) is 17.9. The SMILES string of the molecule is O=C1NC(=O)C(Cc2ccc3c(c2)CCC(Cc2ccccc2)N3Cc2ccccc2)S1. The average molecular weight is 443 g/mol. The lowest BCUT2D eigenvalue weighted by Gasteiger charge is -2.39. The molecule has 5 heteroatoms. The van der Waals surface area contributed by atoms with Crippen molar-refractivity contribution in [3.63, 3.8) is 0 Å². The van der Waals surface area contributed by atoms with Crippen LogP contribution in [0.5, 0.6) is 0 Å². The summed E-state index contributed by atoms with van der Waals surface area (Å²) >= 11 is 1.10. The molecular formula is C27H26N2O2S. The highest BCUT2D eigenvalue weighted by Crippen LogP contribution is 2.35. The lowest BCUT2D eigenvalue weighted by atomic mass is 9.89. The van der Waals surface area contributed by atoms with Gasteiger partial charge in [-0.3, -0.25) is 14.9 Å². The Morgan fingerprint density at radius 2 is 1.56 bits per heavy atom. The van der Waals surface area contributed by atoms with Gasteiger partial charge in [-0.15, -0.1) is 0 Å². The number of hydrogen-bond donors (Lipinski definition) is 1. The maximum atomic E-state index is 12.0. The van der Waals surface area contributed by atoms with Gasteiger partial charge in [0.15, 0.2) is 0 Å². The van der Waals surface area contributed by atoms with E-state index in [9.17, 15) is 9.59 Å². The lowest BCUT2D eigenvalue weighted by molar-refractivity contribution is -0.118. The Balaban J connectivity index is 1.41.